The van der Waals surface area contributed by atoms with Gasteiger partial charge in [-0.1, -0.05) is 30.3 Å². The van der Waals surface area contributed by atoms with Gasteiger partial charge in [-0.3, -0.25) is 4.79 Å². The molecule has 2 atom stereocenters. The molecular formula is C15H17NO4. The van der Waals surface area contributed by atoms with E-state index in [2.05, 4.69) is 0 Å². The van der Waals surface area contributed by atoms with E-state index in [0.29, 0.717) is 26.1 Å². The Morgan fingerprint density at radius 2 is 2.05 bits per heavy atom. The van der Waals surface area contributed by atoms with E-state index in [1.54, 1.807) is 0 Å². The molecule has 20 heavy (non-hydrogen) atoms. The molecule has 2 aliphatic rings. The fraction of sp³-hybridized carbons (Fsp3) is 0.467. The molecule has 0 spiro atoms. The van der Waals surface area contributed by atoms with Crippen molar-refractivity contribution in [3.8, 4) is 0 Å². The van der Waals surface area contributed by atoms with Gasteiger partial charge in [-0.15, -0.1) is 0 Å². The van der Waals surface area contributed by atoms with Crippen LogP contribution in [0, 0.1) is 5.92 Å². The van der Waals surface area contributed by atoms with Crippen molar-refractivity contribution in [2.45, 2.75) is 18.9 Å². The molecule has 106 valence electrons. The van der Waals surface area contributed by atoms with Crippen LogP contribution in [0.25, 0.3) is 0 Å². The quantitative estimate of drug-likeness (QED) is 0.841. The van der Waals surface area contributed by atoms with Crippen LogP contribution in [0.2, 0.25) is 0 Å². The summed E-state index contributed by atoms with van der Waals surface area (Å²) >= 11 is 0. The summed E-state index contributed by atoms with van der Waals surface area (Å²) in [6, 6.07) is 9.61. The van der Waals surface area contributed by atoms with E-state index in [1.165, 1.54) is 4.90 Å². The summed E-state index contributed by atoms with van der Waals surface area (Å²) in [4.78, 5) is 25.5. The minimum absolute atomic E-state index is 0.161. The minimum atomic E-state index is -0.525. The highest BCUT2D eigenvalue weighted by Gasteiger charge is 2.41. The predicted molar refractivity (Wildman–Crippen MR) is 71.1 cm³/mol. The zero-order valence-corrected chi connectivity index (χ0v) is 11.2. The van der Waals surface area contributed by atoms with Crippen LogP contribution in [-0.4, -0.2) is 42.8 Å². The third kappa shape index (κ3) is 2.54. The summed E-state index contributed by atoms with van der Waals surface area (Å²) in [5, 5.41) is 0. The first-order chi connectivity index (χ1) is 9.75. The topological polar surface area (TPSA) is 55.8 Å². The summed E-state index contributed by atoms with van der Waals surface area (Å²) in [7, 11) is 0. The zero-order valence-electron chi connectivity index (χ0n) is 11.2. The molecule has 5 heteroatoms. The van der Waals surface area contributed by atoms with Gasteiger partial charge in [-0.05, 0) is 18.4 Å². The molecule has 0 unspecified atom stereocenters. The lowest BCUT2D eigenvalue weighted by Gasteiger charge is -2.22. The Labute approximate surface area is 117 Å². The van der Waals surface area contributed by atoms with E-state index in [9.17, 15) is 9.59 Å². The first-order valence-corrected chi connectivity index (χ1v) is 6.87. The molecule has 0 saturated carbocycles. The highest BCUT2D eigenvalue weighted by atomic mass is 16.6. The van der Waals surface area contributed by atoms with Gasteiger partial charge in [0.1, 0.15) is 6.61 Å². The highest BCUT2D eigenvalue weighted by molar-refractivity contribution is 5.95. The normalized spacial score (nSPS) is 25.8. The van der Waals surface area contributed by atoms with Gasteiger partial charge in [0.25, 0.3) is 0 Å². The summed E-state index contributed by atoms with van der Waals surface area (Å²) in [5.41, 5.74) is 1.09. The zero-order chi connectivity index (χ0) is 13.9. The van der Waals surface area contributed by atoms with E-state index in [4.69, 9.17) is 9.47 Å². The van der Waals surface area contributed by atoms with E-state index in [-0.39, 0.29) is 24.5 Å². The molecule has 0 radical (unpaired) electrons. The molecule has 3 rings (SSSR count). The summed E-state index contributed by atoms with van der Waals surface area (Å²) < 4.78 is 10.3. The predicted octanol–water partition coefficient (Wildman–Crippen LogP) is 1.61. The van der Waals surface area contributed by atoms with Crippen LogP contribution in [0.3, 0.4) is 0 Å². The van der Waals surface area contributed by atoms with Gasteiger partial charge in [0.15, 0.2) is 0 Å². The number of hydrogen-bond donors (Lipinski definition) is 0. The Morgan fingerprint density at radius 1 is 1.25 bits per heavy atom. The van der Waals surface area contributed by atoms with Crippen molar-refractivity contribution in [2.75, 3.05) is 19.8 Å². The van der Waals surface area contributed by atoms with Crippen LogP contribution in [0.4, 0.5) is 4.79 Å². The van der Waals surface area contributed by atoms with Crippen LogP contribution >= 0.6 is 0 Å². The molecule has 1 aromatic rings. The number of ether oxygens (including phenoxy) is 2. The third-order valence-corrected chi connectivity index (χ3v) is 3.79. The Kier molecular flexibility index (Phi) is 3.69. The molecule has 0 N–H and O–H groups in total. The maximum Gasteiger partial charge on any atom is 0.416 e. The molecule has 1 aromatic carbocycles. The van der Waals surface area contributed by atoms with Crippen LogP contribution in [-0.2, 0) is 20.7 Å². The van der Waals surface area contributed by atoms with E-state index < -0.39 is 6.09 Å². The average molecular weight is 275 g/mol. The molecule has 2 amide bonds. The number of rotatable bonds is 3. The number of carbonyl (C=O) groups excluding carboxylic acids is 2. The second kappa shape index (κ2) is 5.63. The highest BCUT2D eigenvalue weighted by Crippen LogP contribution is 2.23. The first-order valence-electron chi connectivity index (χ1n) is 6.87. The largest absolute Gasteiger partial charge is 0.447 e. The van der Waals surface area contributed by atoms with Crippen LogP contribution in [0.5, 0.6) is 0 Å². The number of carbonyl (C=O) groups is 2. The van der Waals surface area contributed by atoms with Gasteiger partial charge in [0, 0.05) is 6.61 Å². The van der Waals surface area contributed by atoms with E-state index >= 15 is 0 Å². The van der Waals surface area contributed by atoms with E-state index in [1.807, 2.05) is 30.3 Å². The average Bonchev–Trinajstić information content (AvgIpc) is 3.10. The molecule has 2 fully saturated rings. The Morgan fingerprint density at radius 3 is 2.75 bits per heavy atom. The number of amides is 2. The number of hydrogen-bond acceptors (Lipinski definition) is 4. The number of cyclic esters (lactones) is 1. The van der Waals surface area contributed by atoms with Crippen LogP contribution in [0.15, 0.2) is 30.3 Å². The van der Waals surface area contributed by atoms with Crippen LogP contribution in [0.1, 0.15) is 12.0 Å². The molecule has 0 aromatic heterocycles. The first kappa shape index (κ1) is 13.1. The van der Waals surface area contributed by atoms with E-state index in [0.717, 1.165) is 5.56 Å². The standard InChI is InChI=1S/C15H17NO4/c17-14(12-6-7-19-9-12)16-13(10-20-15(16)18)8-11-4-2-1-3-5-11/h1-5,12-13H,6-10H2/t12-,13+/m0/s1. The lowest BCUT2D eigenvalue weighted by Crippen LogP contribution is -2.43. The van der Waals surface area contributed by atoms with Crippen molar-refractivity contribution in [2.24, 2.45) is 5.92 Å². The summed E-state index contributed by atoms with van der Waals surface area (Å²) in [6.45, 7) is 1.26. The Hall–Kier alpha value is -1.88. The second-order valence-corrected chi connectivity index (χ2v) is 5.19. The van der Waals surface area contributed by atoms with Crippen molar-refractivity contribution in [1.82, 2.24) is 4.90 Å². The maximum absolute atomic E-state index is 12.4. The molecule has 0 aliphatic carbocycles. The van der Waals surface area contributed by atoms with Gasteiger partial charge < -0.3 is 9.47 Å². The monoisotopic (exact) mass is 275 g/mol. The summed E-state index contributed by atoms with van der Waals surface area (Å²) in [6.07, 6.45) is 0.787. The molecule has 2 aliphatic heterocycles. The van der Waals surface area contributed by atoms with Gasteiger partial charge >= 0.3 is 6.09 Å². The number of nitrogens with zero attached hydrogens (tertiary/aromatic N) is 1. The fourth-order valence-corrected chi connectivity index (χ4v) is 2.69. The molecule has 5 nitrogen and oxygen atoms in total. The lowest BCUT2D eigenvalue weighted by molar-refractivity contribution is -0.133. The second-order valence-electron chi connectivity index (χ2n) is 5.19. The molecule has 0 bridgehead atoms. The number of imide groups is 1. The fourth-order valence-electron chi connectivity index (χ4n) is 2.69. The van der Waals surface area contributed by atoms with Crippen molar-refractivity contribution >= 4 is 12.0 Å². The van der Waals surface area contributed by atoms with Crippen molar-refractivity contribution in [3.63, 3.8) is 0 Å². The van der Waals surface area contributed by atoms with Crippen LogP contribution < -0.4 is 0 Å². The Balaban J connectivity index is 1.73. The lowest BCUT2D eigenvalue weighted by atomic mass is 10.0. The van der Waals surface area contributed by atoms with Crippen molar-refractivity contribution in [1.29, 1.82) is 0 Å². The molecule has 2 saturated heterocycles. The van der Waals surface area contributed by atoms with Crippen molar-refractivity contribution < 1.29 is 19.1 Å². The Bertz CT molecular complexity index is 496. The van der Waals surface area contributed by atoms with Gasteiger partial charge in [0.2, 0.25) is 5.91 Å². The van der Waals surface area contributed by atoms with Gasteiger partial charge in [-0.2, -0.15) is 0 Å². The van der Waals surface area contributed by atoms with Gasteiger partial charge in [0.05, 0.1) is 18.6 Å². The molecular weight excluding hydrogens is 258 g/mol. The molecule has 2 heterocycles. The number of benzene rings is 1. The van der Waals surface area contributed by atoms with Gasteiger partial charge in [-0.25, -0.2) is 9.69 Å². The third-order valence-electron chi connectivity index (χ3n) is 3.79. The smallest absolute Gasteiger partial charge is 0.416 e. The van der Waals surface area contributed by atoms with Crippen molar-refractivity contribution in [3.05, 3.63) is 35.9 Å². The SMILES string of the molecule is O=C1OC[C@@H](Cc2ccccc2)N1C(=O)[C@H]1CCOC1. The minimum Gasteiger partial charge on any atom is -0.447 e. The summed E-state index contributed by atoms with van der Waals surface area (Å²) in [5.74, 6) is -0.371. The maximum atomic E-state index is 12.4.